The second-order valence-corrected chi connectivity index (χ2v) is 10.4. The fourth-order valence-corrected chi connectivity index (χ4v) is 5.19. The van der Waals surface area contributed by atoms with E-state index in [0.29, 0.717) is 54.4 Å². The first kappa shape index (κ1) is 23.3. The molecule has 0 N–H and O–H groups in total. The van der Waals surface area contributed by atoms with E-state index < -0.39 is 10.0 Å². The van der Waals surface area contributed by atoms with E-state index in [1.165, 1.54) is 10.6 Å². The summed E-state index contributed by atoms with van der Waals surface area (Å²) < 4.78 is 43.8. The molecule has 0 aliphatic carbocycles. The highest BCUT2D eigenvalue weighted by molar-refractivity contribution is 7.88. The van der Waals surface area contributed by atoms with Gasteiger partial charge < -0.3 is 18.5 Å². The average molecular weight is 476 g/mol. The standard InChI is InChI=1S/C23H29N3O6S/c1-15-12-26(33(5,28)29)9-8-25(15)13-17-11-18-22(32-17)19(14-24(2)23(18)27)16-6-7-20(30-3)21(10-16)31-4/h6-7,10-11,14-15H,8-9,12-13H2,1-5H3. The average Bonchev–Trinajstić information content (AvgIpc) is 3.20. The highest BCUT2D eigenvalue weighted by Gasteiger charge is 2.29. The molecule has 33 heavy (non-hydrogen) atoms. The summed E-state index contributed by atoms with van der Waals surface area (Å²) in [4.78, 5) is 15.0. The molecule has 1 aliphatic rings. The number of hydrogen-bond donors (Lipinski definition) is 0. The van der Waals surface area contributed by atoms with Crippen LogP contribution in [0.2, 0.25) is 0 Å². The molecule has 0 amide bonds. The Morgan fingerprint density at radius 1 is 1.12 bits per heavy atom. The minimum absolute atomic E-state index is 0.0230. The maximum absolute atomic E-state index is 12.8. The third kappa shape index (κ3) is 4.50. The van der Waals surface area contributed by atoms with Crippen LogP contribution in [0.5, 0.6) is 11.5 Å². The molecule has 178 valence electrons. The number of hydrogen-bond acceptors (Lipinski definition) is 7. The van der Waals surface area contributed by atoms with E-state index >= 15 is 0 Å². The predicted octanol–water partition coefficient (Wildman–Crippen LogP) is 2.28. The molecule has 1 aromatic carbocycles. The molecule has 0 radical (unpaired) electrons. The lowest BCUT2D eigenvalue weighted by molar-refractivity contribution is 0.115. The Morgan fingerprint density at radius 3 is 2.48 bits per heavy atom. The van der Waals surface area contributed by atoms with Crippen LogP contribution < -0.4 is 15.0 Å². The monoisotopic (exact) mass is 475 g/mol. The van der Waals surface area contributed by atoms with Gasteiger partial charge in [0.05, 0.1) is 32.4 Å². The summed E-state index contributed by atoms with van der Waals surface area (Å²) in [7, 11) is 1.66. The molecular formula is C23H29N3O6S. The Bertz CT molecular complexity index is 1340. The van der Waals surface area contributed by atoms with Gasteiger partial charge in [0.1, 0.15) is 11.3 Å². The molecule has 2 aromatic heterocycles. The van der Waals surface area contributed by atoms with Gasteiger partial charge in [0.15, 0.2) is 11.5 Å². The molecule has 1 unspecified atom stereocenters. The van der Waals surface area contributed by atoms with E-state index in [1.807, 2.05) is 25.1 Å². The maximum atomic E-state index is 12.8. The molecule has 10 heteroatoms. The van der Waals surface area contributed by atoms with Crippen molar-refractivity contribution < 1.29 is 22.3 Å². The lowest BCUT2D eigenvalue weighted by atomic mass is 10.1. The van der Waals surface area contributed by atoms with Crippen LogP contribution in [-0.2, 0) is 23.6 Å². The van der Waals surface area contributed by atoms with Gasteiger partial charge in [0.2, 0.25) is 10.0 Å². The number of sulfonamides is 1. The minimum atomic E-state index is -3.21. The van der Waals surface area contributed by atoms with Gasteiger partial charge in [-0.3, -0.25) is 9.69 Å². The van der Waals surface area contributed by atoms with Crippen LogP contribution in [0.15, 0.2) is 39.7 Å². The first-order valence-corrected chi connectivity index (χ1v) is 12.5. The summed E-state index contributed by atoms with van der Waals surface area (Å²) >= 11 is 0. The molecule has 0 saturated carbocycles. The summed E-state index contributed by atoms with van der Waals surface area (Å²) in [5.41, 5.74) is 1.99. The number of pyridine rings is 1. The molecule has 9 nitrogen and oxygen atoms in total. The van der Waals surface area contributed by atoms with Crippen LogP contribution in [0.1, 0.15) is 12.7 Å². The molecular weight excluding hydrogens is 446 g/mol. The van der Waals surface area contributed by atoms with Gasteiger partial charge in [0.25, 0.3) is 5.56 Å². The van der Waals surface area contributed by atoms with E-state index in [4.69, 9.17) is 13.9 Å². The first-order chi connectivity index (χ1) is 15.6. The van der Waals surface area contributed by atoms with E-state index in [0.717, 1.165) is 11.1 Å². The topological polar surface area (TPSA) is 94.2 Å². The zero-order valence-electron chi connectivity index (χ0n) is 19.5. The second kappa shape index (κ2) is 8.85. The number of furan rings is 1. The number of fused-ring (bicyclic) bond motifs is 1. The van der Waals surface area contributed by atoms with Crippen LogP contribution in [0, 0.1) is 0 Å². The van der Waals surface area contributed by atoms with Crippen molar-refractivity contribution in [2.24, 2.45) is 7.05 Å². The van der Waals surface area contributed by atoms with Crippen LogP contribution in [0.3, 0.4) is 0 Å². The summed E-state index contributed by atoms with van der Waals surface area (Å²) in [6.45, 7) is 3.93. The lowest BCUT2D eigenvalue weighted by Crippen LogP contribution is -2.52. The molecule has 3 heterocycles. The Labute approximate surface area is 193 Å². The molecule has 1 saturated heterocycles. The summed E-state index contributed by atoms with van der Waals surface area (Å²) in [5, 5.41) is 0.502. The number of rotatable bonds is 6. The van der Waals surface area contributed by atoms with Crippen molar-refractivity contribution in [1.29, 1.82) is 0 Å². The van der Waals surface area contributed by atoms with Crippen molar-refractivity contribution in [1.82, 2.24) is 13.8 Å². The van der Waals surface area contributed by atoms with Gasteiger partial charge in [-0.25, -0.2) is 8.42 Å². The van der Waals surface area contributed by atoms with E-state index in [1.54, 1.807) is 38.1 Å². The molecule has 0 bridgehead atoms. The Kier molecular flexibility index (Phi) is 6.26. The Balaban J connectivity index is 1.70. The van der Waals surface area contributed by atoms with Crippen LogP contribution in [0.4, 0.5) is 0 Å². The van der Waals surface area contributed by atoms with E-state index in [9.17, 15) is 13.2 Å². The number of aryl methyl sites for hydroxylation is 1. The fraction of sp³-hybridized carbons (Fsp3) is 0.435. The van der Waals surface area contributed by atoms with Crippen molar-refractivity contribution in [3.05, 3.63) is 46.6 Å². The second-order valence-electron chi connectivity index (χ2n) is 8.42. The highest BCUT2D eigenvalue weighted by Crippen LogP contribution is 2.35. The van der Waals surface area contributed by atoms with E-state index in [2.05, 4.69) is 4.90 Å². The van der Waals surface area contributed by atoms with Crippen molar-refractivity contribution in [2.75, 3.05) is 40.1 Å². The molecule has 1 atom stereocenters. The molecule has 3 aromatic rings. The van der Waals surface area contributed by atoms with Gasteiger partial charge in [-0.1, -0.05) is 6.07 Å². The predicted molar refractivity (Wildman–Crippen MR) is 126 cm³/mol. The molecule has 1 fully saturated rings. The number of aromatic nitrogens is 1. The SMILES string of the molecule is COc1ccc(-c2cn(C)c(=O)c3cc(CN4CCN(S(C)(=O)=O)CC4C)oc23)cc1OC. The fourth-order valence-electron chi connectivity index (χ4n) is 4.29. The van der Waals surface area contributed by atoms with Gasteiger partial charge in [-0.05, 0) is 30.7 Å². The summed E-state index contributed by atoms with van der Waals surface area (Å²) in [6.07, 6.45) is 2.99. The van der Waals surface area contributed by atoms with Crippen molar-refractivity contribution >= 4 is 21.0 Å². The third-order valence-corrected chi connectivity index (χ3v) is 7.42. The zero-order chi connectivity index (χ0) is 23.9. The smallest absolute Gasteiger partial charge is 0.261 e. The minimum Gasteiger partial charge on any atom is -0.493 e. The number of benzene rings is 1. The van der Waals surface area contributed by atoms with Crippen LogP contribution >= 0.6 is 0 Å². The molecule has 4 rings (SSSR count). The Hall–Kier alpha value is -2.82. The molecule has 0 spiro atoms. The summed E-state index contributed by atoms with van der Waals surface area (Å²) in [6, 6.07) is 7.38. The number of piperazine rings is 1. The van der Waals surface area contributed by atoms with Gasteiger partial charge >= 0.3 is 0 Å². The van der Waals surface area contributed by atoms with Gasteiger partial charge in [-0.15, -0.1) is 0 Å². The lowest BCUT2D eigenvalue weighted by Gasteiger charge is -2.38. The maximum Gasteiger partial charge on any atom is 0.261 e. The van der Waals surface area contributed by atoms with Crippen molar-refractivity contribution in [2.45, 2.75) is 19.5 Å². The number of nitrogens with zero attached hydrogens (tertiary/aromatic N) is 3. The quantitative estimate of drug-likeness (QED) is 0.540. The van der Waals surface area contributed by atoms with Crippen LogP contribution in [0.25, 0.3) is 22.1 Å². The highest BCUT2D eigenvalue weighted by atomic mass is 32.2. The zero-order valence-corrected chi connectivity index (χ0v) is 20.3. The number of ether oxygens (including phenoxy) is 2. The van der Waals surface area contributed by atoms with Gasteiger partial charge in [0, 0.05) is 44.5 Å². The van der Waals surface area contributed by atoms with Crippen molar-refractivity contribution in [3.8, 4) is 22.6 Å². The molecule has 1 aliphatic heterocycles. The Morgan fingerprint density at radius 2 is 1.85 bits per heavy atom. The number of methoxy groups -OCH3 is 2. The first-order valence-electron chi connectivity index (χ1n) is 10.7. The van der Waals surface area contributed by atoms with Gasteiger partial charge in [-0.2, -0.15) is 4.31 Å². The van der Waals surface area contributed by atoms with Crippen molar-refractivity contribution in [3.63, 3.8) is 0 Å². The van der Waals surface area contributed by atoms with E-state index in [-0.39, 0.29) is 11.6 Å². The normalized spacial score (nSPS) is 18.0. The largest absolute Gasteiger partial charge is 0.493 e. The third-order valence-electron chi connectivity index (χ3n) is 6.15. The van der Waals surface area contributed by atoms with Crippen LogP contribution in [-0.4, -0.2) is 68.3 Å². The summed E-state index contributed by atoms with van der Waals surface area (Å²) in [5.74, 6) is 1.86.